The zero-order chi connectivity index (χ0) is 18.3. The third kappa shape index (κ3) is 3.45. The van der Waals surface area contributed by atoms with Crippen molar-refractivity contribution in [3.05, 3.63) is 34.9 Å². The van der Waals surface area contributed by atoms with Crippen LogP contribution in [0.5, 0.6) is 0 Å². The average molecular weight is 368 g/mol. The van der Waals surface area contributed by atoms with E-state index < -0.39 is 24.9 Å². The number of rotatable bonds is 4. The second-order valence-electron chi connectivity index (χ2n) is 7.01. The molecule has 0 bridgehead atoms. The van der Waals surface area contributed by atoms with Crippen molar-refractivity contribution in [3.8, 4) is 0 Å². The minimum absolute atomic E-state index is 0.0550. The summed E-state index contributed by atoms with van der Waals surface area (Å²) < 4.78 is 25.4. The van der Waals surface area contributed by atoms with Crippen LogP contribution in [-0.2, 0) is 20.9 Å². The van der Waals surface area contributed by atoms with E-state index in [2.05, 4.69) is 21.6 Å². The lowest BCUT2D eigenvalue weighted by atomic mass is 10.0. The molecule has 4 rings (SSSR count). The Morgan fingerprint density at radius 3 is 2.85 bits per heavy atom. The van der Waals surface area contributed by atoms with Gasteiger partial charge in [0, 0.05) is 12.5 Å². The van der Waals surface area contributed by atoms with Crippen molar-refractivity contribution in [2.45, 2.75) is 63.2 Å². The van der Waals surface area contributed by atoms with Gasteiger partial charge in [-0.1, -0.05) is 18.2 Å². The van der Waals surface area contributed by atoms with Crippen molar-refractivity contribution in [3.63, 3.8) is 0 Å². The van der Waals surface area contributed by atoms with Crippen LogP contribution in [0, 0.1) is 0 Å². The van der Waals surface area contributed by atoms with E-state index >= 15 is 0 Å². The van der Waals surface area contributed by atoms with E-state index in [0.717, 1.165) is 29.5 Å². The van der Waals surface area contributed by atoms with Gasteiger partial charge in [-0.25, -0.2) is 8.78 Å². The Bertz CT molecular complexity index is 690. The van der Waals surface area contributed by atoms with Crippen LogP contribution in [-0.4, -0.2) is 30.7 Å². The Morgan fingerprint density at radius 1 is 1.31 bits per heavy atom. The first-order valence-electron chi connectivity index (χ1n) is 8.81. The SMILES string of the molecule is CC1CC(C(=O)N[C@@H]2CCc3cc(C4NOC(C(F)F)N4)ccc32)ON1. The van der Waals surface area contributed by atoms with Crippen LogP contribution in [0.1, 0.15) is 48.7 Å². The molecule has 2 aliphatic heterocycles. The van der Waals surface area contributed by atoms with Crippen LogP contribution in [0.4, 0.5) is 8.78 Å². The highest BCUT2D eigenvalue weighted by atomic mass is 19.3. The molecule has 1 aromatic carbocycles. The van der Waals surface area contributed by atoms with Gasteiger partial charge in [-0.15, -0.1) is 0 Å². The summed E-state index contributed by atoms with van der Waals surface area (Å²) in [5.74, 6) is -0.115. The summed E-state index contributed by atoms with van der Waals surface area (Å²) in [6.45, 7) is 1.97. The number of halogens is 2. The number of nitrogens with one attached hydrogen (secondary N) is 4. The van der Waals surface area contributed by atoms with E-state index in [1.807, 2.05) is 25.1 Å². The number of benzene rings is 1. The highest BCUT2D eigenvalue weighted by molar-refractivity contribution is 5.81. The maximum absolute atomic E-state index is 12.7. The number of hydroxylamine groups is 2. The fourth-order valence-corrected chi connectivity index (χ4v) is 3.67. The molecule has 5 atom stereocenters. The third-order valence-electron chi connectivity index (χ3n) is 5.04. The quantitative estimate of drug-likeness (QED) is 0.639. The maximum atomic E-state index is 12.7. The van der Waals surface area contributed by atoms with E-state index in [9.17, 15) is 13.6 Å². The lowest BCUT2D eigenvalue weighted by molar-refractivity contribution is -0.133. The van der Waals surface area contributed by atoms with Crippen molar-refractivity contribution in [2.75, 3.05) is 0 Å². The maximum Gasteiger partial charge on any atom is 0.279 e. The molecule has 9 heteroatoms. The minimum atomic E-state index is -2.60. The smallest absolute Gasteiger partial charge is 0.279 e. The van der Waals surface area contributed by atoms with Gasteiger partial charge in [0.05, 0.1) is 6.04 Å². The Kier molecular flexibility index (Phi) is 4.89. The van der Waals surface area contributed by atoms with Crippen LogP contribution in [0.15, 0.2) is 18.2 Å². The van der Waals surface area contributed by atoms with Crippen molar-refractivity contribution >= 4 is 5.91 Å². The Morgan fingerprint density at radius 2 is 2.15 bits per heavy atom. The molecule has 142 valence electrons. The van der Waals surface area contributed by atoms with Gasteiger partial charge in [0.15, 0.2) is 12.3 Å². The van der Waals surface area contributed by atoms with E-state index in [-0.39, 0.29) is 18.0 Å². The normalized spacial score (nSPS) is 33.6. The van der Waals surface area contributed by atoms with Gasteiger partial charge < -0.3 is 5.32 Å². The first-order valence-corrected chi connectivity index (χ1v) is 8.81. The van der Waals surface area contributed by atoms with Crippen LogP contribution in [0.25, 0.3) is 0 Å². The van der Waals surface area contributed by atoms with E-state index in [4.69, 9.17) is 9.68 Å². The largest absolute Gasteiger partial charge is 0.347 e. The zero-order valence-corrected chi connectivity index (χ0v) is 14.3. The number of alkyl halides is 2. The fourth-order valence-electron chi connectivity index (χ4n) is 3.67. The second-order valence-corrected chi connectivity index (χ2v) is 7.01. The molecule has 0 spiro atoms. The van der Waals surface area contributed by atoms with Crippen molar-refractivity contribution in [1.29, 1.82) is 0 Å². The lowest BCUT2D eigenvalue weighted by Gasteiger charge is -2.17. The molecule has 2 fully saturated rings. The van der Waals surface area contributed by atoms with Gasteiger partial charge >= 0.3 is 0 Å². The van der Waals surface area contributed by atoms with Gasteiger partial charge in [0.2, 0.25) is 0 Å². The number of fused-ring (bicyclic) bond motifs is 1. The molecule has 4 unspecified atom stereocenters. The summed E-state index contributed by atoms with van der Waals surface area (Å²) in [6.07, 6.45) is -2.59. The molecule has 1 amide bonds. The number of carbonyl (C=O) groups is 1. The second kappa shape index (κ2) is 7.16. The molecule has 1 aliphatic carbocycles. The number of amides is 1. The molecule has 2 heterocycles. The summed E-state index contributed by atoms with van der Waals surface area (Å²) >= 11 is 0. The highest BCUT2D eigenvalue weighted by Gasteiger charge is 2.34. The molecule has 0 saturated carbocycles. The third-order valence-corrected chi connectivity index (χ3v) is 5.04. The Labute approximate surface area is 149 Å². The summed E-state index contributed by atoms with van der Waals surface area (Å²) in [7, 11) is 0. The summed E-state index contributed by atoms with van der Waals surface area (Å²) in [5, 5.41) is 5.76. The molecule has 1 aromatic rings. The fraction of sp³-hybridized carbons (Fsp3) is 0.588. The molecular weight excluding hydrogens is 346 g/mol. The van der Waals surface area contributed by atoms with Crippen LogP contribution in [0.2, 0.25) is 0 Å². The topological polar surface area (TPSA) is 83.7 Å². The predicted molar refractivity (Wildman–Crippen MR) is 87.6 cm³/mol. The number of hydrogen-bond acceptors (Lipinski definition) is 6. The van der Waals surface area contributed by atoms with Crippen molar-refractivity contribution in [1.82, 2.24) is 21.6 Å². The Hall–Kier alpha value is -1.65. The molecule has 4 N–H and O–H groups in total. The van der Waals surface area contributed by atoms with Gasteiger partial charge in [0.25, 0.3) is 12.3 Å². The van der Waals surface area contributed by atoms with Gasteiger partial charge in [0.1, 0.15) is 6.17 Å². The molecule has 7 nitrogen and oxygen atoms in total. The average Bonchev–Trinajstić information content (AvgIpc) is 3.34. The number of aryl methyl sites for hydroxylation is 1. The van der Waals surface area contributed by atoms with Gasteiger partial charge in [-0.2, -0.15) is 11.0 Å². The van der Waals surface area contributed by atoms with E-state index in [1.165, 1.54) is 0 Å². The van der Waals surface area contributed by atoms with Crippen LogP contribution in [0.3, 0.4) is 0 Å². The van der Waals surface area contributed by atoms with Gasteiger partial charge in [-0.05, 0) is 36.5 Å². The minimum Gasteiger partial charge on any atom is -0.347 e. The first kappa shape index (κ1) is 17.7. The molecule has 3 aliphatic rings. The monoisotopic (exact) mass is 368 g/mol. The predicted octanol–water partition coefficient (Wildman–Crippen LogP) is 1.19. The van der Waals surface area contributed by atoms with E-state index in [0.29, 0.717) is 6.42 Å². The molecule has 2 saturated heterocycles. The Balaban J connectivity index is 1.41. The molecule has 26 heavy (non-hydrogen) atoms. The summed E-state index contributed by atoms with van der Waals surface area (Å²) in [6, 6.07) is 5.88. The highest BCUT2D eigenvalue weighted by Crippen LogP contribution is 2.33. The van der Waals surface area contributed by atoms with Crippen LogP contribution < -0.4 is 21.6 Å². The first-order chi connectivity index (χ1) is 12.5. The number of carbonyl (C=O) groups excluding carboxylic acids is 1. The summed E-state index contributed by atoms with van der Waals surface area (Å²) in [4.78, 5) is 22.5. The lowest BCUT2D eigenvalue weighted by Crippen LogP contribution is -2.36. The standard InChI is InChI=1S/C17H22F2N4O3/c1-8-6-13(25-22-8)16(24)20-12-5-3-9-7-10(2-4-11(9)12)15-21-17(14(18)19)26-23-15/h2,4,7-8,12-15,17,21-23H,3,5-6H2,1H3,(H,20,24)/t8?,12-,13?,15?,17?/m1/s1. The van der Waals surface area contributed by atoms with Crippen LogP contribution >= 0.6 is 0 Å². The summed E-state index contributed by atoms with van der Waals surface area (Å²) in [5.41, 5.74) is 8.40. The number of hydrogen-bond donors (Lipinski definition) is 4. The van der Waals surface area contributed by atoms with E-state index in [1.54, 1.807) is 0 Å². The molecular formula is C17H22F2N4O3. The van der Waals surface area contributed by atoms with Gasteiger partial charge in [-0.3, -0.25) is 19.8 Å². The zero-order valence-electron chi connectivity index (χ0n) is 14.3. The molecule has 0 aromatic heterocycles. The van der Waals surface area contributed by atoms with Crippen molar-refractivity contribution in [2.24, 2.45) is 0 Å². The van der Waals surface area contributed by atoms with Crippen molar-refractivity contribution < 1.29 is 23.3 Å². The molecule has 0 radical (unpaired) electrons.